The maximum Gasteiger partial charge on any atom is 0.332 e. The van der Waals surface area contributed by atoms with Crippen molar-refractivity contribution in [1.82, 2.24) is 0 Å². The van der Waals surface area contributed by atoms with E-state index in [1.54, 1.807) is 0 Å². The van der Waals surface area contributed by atoms with E-state index in [9.17, 15) is 9.90 Å². The topological polar surface area (TPSA) is 77.8 Å². The van der Waals surface area contributed by atoms with E-state index in [4.69, 9.17) is 10.2 Å². The molecule has 1 unspecified atom stereocenters. The van der Waals surface area contributed by atoms with Crippen LogP contribution < -0.4 is 0 Å². The minimum absolute atomic E-state index is 0.232. The average molecular weight is 529 g/mol. The molecule has 0 aliphatic rings. The molecule has 0 saturated carbocycles. The number of aliphatic carboxylic acids is 1. The van der Waals surface area contributed by atoms with Crippen molar-refractivity contribution in [3.63, 3.8) is 0 Å². The predicted molar refractivity (Wildman–Crippen MR) is 163 cm³/mol. The number of carboxylic acid groups (broad SMARTS) is 1. The minimum atomic E-state index is -1.18. The molecule has 38 heavy (non-hydrogen) atoms. The lowest BCUT2D eigenvalue weighted by molar-refractivity contribution is -0.146. The molecule has 4 nitrogen and oxygen atoms in total. The Hall–Kier alpha value is -2.17. The Morgan fingerprint density at radius 2 is 0.921 bits per heavy atom. The molecular formula is C34H56O4. The van der Waals surface area contributed by atoms with Gasteiger partial charge in [-0.15, -0.1) is 0 Å². The third-order valence-electron chi connectivity index (χ3n) is 6.31. The van der Waals surface area contributed by atoms with Crippen LogP contribution in [-0.2, 0) is 4.79 Å². The van der Waals surface area contributed by atoms with E-state index in [0.29, 0.717) is 6.42 Å². The molecule has 0 heterocycles. The molecule has 0 bridgehead atoms. The molecule has 3 N–H and O–H groups in total. The molecule has 0 aromatic heterocycles. The summed E-state index contributed by atoms with van der Waals surface area (Å²) in [4.78, 5) is 10.5. The second-order valence-electron chi connectivity index (χ2n) is 9.88. The summed E-state index contributed by atoms with van der Waals surface area (Å²) in [6.45, 7) is 0.232. The summed E-state index contributed by atoms with van der Waals surface area (Å²) in [5.74, 6) is -1.10. The Morgan fingerprint density at radius 1 is 0.500 bits per heavy atom. The molecule has 216 valence electrons. The van der Waals surface area contributed by atoms with Crippen LogP contribution in [0.3, 0.4) is 0 Å². The predicted octanol–water partition coefficient (Wildman–Crippen LogP) is 9.17. The highest BCUT2D eigenvalue weighted by Gasteiger charge is 2.11. The van der Waals surface area contributed by atoms with Gasteiger partial charge in [-0.05, 0) is 57.8 Å². The standard InChI is InChI=1S/C34H56O4/c35-32-30-28-26-24-22-20-18-16-14-12-10-8-6-4-2-1-3-5-7-9-11-13-15-17-19-21-23-25-27-29-31-33(36)34(37)38/h2-5,10,12,14,16,18,20,26,28,33,35-36H,1,6-9,11,13,15,17,19,21-25,27,29-32H2,(H,37,38). The summed E-state index contributed by atoms with van der Waals surface area (Å²) in [6.07, 6.45) is 45.8. The van der Waals surface area contributed by atoms with E-state index >= 15 is 0 Å². The van der Waals surface area contributed by atoms with Gasteiger partial charge in [0.1, 0.15) is 0 Å². The number of carboxylic acids is 1. The Balaban J connectivity index is 3.37. The largest absolute Gasteiger partial charge is 0.479 e. The van der Waals surface area contributed by atoms with Crippen LogP contribution in [0.5, 0.6) is 0 Å². The highest BCUT2D eigenvalue weighted by molar-refractivity contribution is 5.71. The number of rotatable bonds is 27. The van der Waals surface area contributed by atoms with E-state index in [1.807, 2.05) is 6.08 Å². The van der Waals surface area contributed by atoms with Crippen molar-refractivity contribution < 1.29 is 20.1 Å². The monoisotopic (exact) mass is 528 g/mol. The molecule has 1 atom stereocenters. The van der Waals surface area contributed by atoms with Crippen molar-refractivity contribution in [3.8, 4) is 0 Å². The minimum Gasteiger partial charge on any atom is -0.479 e. The number of aliphatic hydroxyl groups is 2. The highest BCUT2D eigenvalue weighted by Crippen LogP contribution is 2.13. The Kier molecular flexibility index (Phi) is 29.3. The zero-order valence-corrected chi connectivity index (χ0v) is 23.9. The zero-order valence-electron chi connectivity index (χ0n) is 23.9. The molecule has 0 rings (SSSR count). The van der Waals surface area contributed by atoms with Crippen LogP contribution in [0.15, 0.2) is 72.9 Å². The van der Waals surface area contributed by atoms with Crippen LogP contribution in [0.25, 0.3) is 0 Å². The van der Waals surface area contributed by atoms with E-state index in [-0.39, 0.29) is 6.61 Å². The van der Waals surface area contributed by atoms with E-state index in [2.05, 4.69) is 66.8 Å². The van der Waals surface area contributed by atoms with Gasteiger partial charge in [-0.25, -0.2) is 4.79 Å². The van der Waals surface area contributed by atoms with Crippen LogP contribution in [0.2, 0.25) is 0 Å². The molecule has 0 fully saturated rings. The van der Waals surface area contributed by atoms with Crippen LogP contribution in [0.4, 0.5) is 0 Å². The first-order valence-electron chi connectivity index (χ1n) is 15.1. The molecule has 0 aliphatic heterocycles. The van der Waals surface area contributed by atoms with Crippen molar-refractivity contribution in [2.75, 3.05) is 6.61 Å². The van der Waals surface area contributed by atoms with Gasteiger partial charge in [-0.2, -0.15) is 0 Å². The maximum absolute atomic E-state index is 10.5. The van der Waals surface area contributed by atoms with Gasteiger partial charge in [0.25, 0.3) is 0 Å². The molecule has 0 spiro atoms. The summed E-state index contributed by atoms with van der Waals surface area (Å²) in [7, 11) is 0. The third-order valence-corrected chi connectivity index (χ3v) is 6.31. The lowest BCUT2D eigenvalue weighted by Gasteiger charge is -2.05. The normalized spacial score (nSPS) is 13.5. The Bertz CT molecular complexity index is 685. The van der Waals surface area contributed by atoms with Gasteiger partial charge >= 0.3 is 5.97 Å². The Morgan fingerprint density at radius 3 is 1.45 bits per heavy atom. The number of hydrogen-bond donors (Lipinski definition) is 3. The van der Waals surface area contributed by atoms with Crippen LogP contribution >= 0.6 is 0 Å². The second kappa shape index (κ2) is 31.1. The smallest absolute Gasteiger partial charge is 0.332 e. The van der Waals surface area contributed by atoms with Gasteiger partial charge < -0.3 is 15.3 Å². The summed E-state index contributed by atoms with van der Waals surface area (Å²) in [6, 6.07) is 0. The average Bonchev–Trinajstić information content (AvgIpc) is 2.91. The van der Waals surface area contributed by atoms with Crippen LogP contribution in [0, 0.1) is 0 Å². The summed E-state index contributed by atoms with van der Waals surface area (Å²) >= 11 is 0. The quantitative estimate of drug-likeness (QED) is 0.0564. The number of aliphatic hydroxyl groups excluding tert-OH is 2. The number of allylic oxidation sites excluding steroid dienone is 11. The van der Waals surface area contributed by atoms with Crippen molar-refractivity contribution >= 4 is 5.97 Å². The van der Waals surface area contributed by atoms with E-state index in [1.165, 1.54) is 57.8 Å². The van der Waals surface area contributed by atoms with E-state index < -0.39 is 12.1 Å². The van der Waals surface area contributed by atoms with Gasteiger partial charge in [0.2, 0.25) is 0 Å². The molecule has 0 radical (unpaired) electrons. The Labute approximate surface area is 233 Å². The van der Waals surface area contributed by atoms with Gasteiger partial charge in [-0.1, -0.05) is 137 Å². The fourth-order valence-corrected chi connectivity index (χ4v) is 3.99. The van der Waals surface area contributed by atoms with Gasteiger partial charge in [0.05, 0.1) is 0 Å². The number of unbranched alkanes of at least 4 members (excludes halogenated alkanes) is 13. The SMILES string of the molecule is O=C(O)C(O)CCCCCCCCCCCCCC=CCC=CCCC=CC=CC=CCCC=CCCO. The fraction of sp³-hybridized carbons (Fsp3) is 0.618. The summed E-state index contributed by atoms with van der Waals surface area (Å²) in [5.41, 5.74) is 0. The molecule has 0 saturated heterocycles. The maximum atomic E-state index is 10.5. The number of hydrogen-bond acceptors (Lipinski definition) is 3. The summed E-state index contributed by atoms with van der Waals surface area (Å²) in [5, 5.41) is 26.5. The first kappa shape index (κ1) is 35.8. The van der Waals surface area contributed by atoms with E-state index in [0.717, 1.165) is 57.8 Å². The molecule has 0 aromatic carbocycles. The third kappa shape index (κ3) is 30.1. The lowest BCUT2D eigenvalue weighted by atomic mass is 10.0. The molecule has 4 heteroatoms. The van der Waals surface area contributed by atoms with Gasteiger partial charge in [0.15, 0.2) is 6.10 Å². The molecule has 0 amide bonds. The van der Waals surface area contributed by atoms with Crippen LogP contribution in [-0.4, -0.2) is 34.0 Å². The first-order valence-corrected chi connectivity index (χ1v) is 15.1. The first-order chi connectivity index (χ1) is 18.7. The highest BCUT2D eigenvalue weighted by atomic mass is 16.4. The van der Waals surface area contributed by atoms with Crippen molar-refractivity contribution in [2.45, 2.75) is 128 Å². The number of carbonyl (C=O) groups is 1. The molecule has 0 aromatic rings. The summed E-state index contributed by atoms with van der Waals surface area (Å²) < 4.78 is 0. The fourth-order valence-electron chi connectivity index (χ4n) is 3.99. The lowest BCUT2D eigenvalue weighted by Crippen LogP contribution is -2.18. The molecular weight excluding hydrogens is 472 g/mol. The molecule has 0 aliphatic carbocycles. The van der Waals surface area contributed by atoms with Crippen molar-refractivity contribution in [2.24, 2.45) is 0 Å². The van der Waals surface area contributed by atoms with Crippen molar-refractivity contribution in [1.29, 1.82) is 0 Å². The van der Waals surface area contributed by atoms with Crippen molar-refractivity contribution in [3.05, 3.63) is 72.9 Å². The van der Waals surface area contributed by atoms with Gasteiger partial charge in [0, 0.05) is 6.61 Å². The van der Waals surface area contributed by atoms with Crippen LogP contribution in [0.1, 0.15) is 122 Å². The van der Waals surface area contributed by atoms with Gasteiger partial charge in [-0.3, -0.25) is 0 Å². The zero-order chi connectivity index (χ0) is 27.8. The second-order valence-corrected chi connectivity index (χ2v) is 9.88.